The number of aromatic nitrogens is 2. The second kappa shape index (κ2) is 7.58. The van der Waals surface area contributed by atoms with E-state index in [-0.39, 0.29) is 11.6 Å². The molecule has 3 aromatic rings. The van der Waals surface area contributed by atoms with Crippen molar-refractivity contribution in [1.29, 1.82) is 0 Å². The molecule has 0 saturated heterocycles. The van der Waals surface area contributed by atoms with Gasteiger partial charge in [-0.15, -0.1) is 11.3 Å². The van der Waals surface area contributed by atoms with Gasteiger partial charge in [-0.3, -0.25) is 4.79 Å². The molecule has 0 spiro atoms. The summed E-state index contributed by atoms with van der Waals surface area (Å²) in [5, 5.41) is 4.48. The van der Waals surface area contributed by atoms with E-state index in [1.54, 1.807) is 30.2 Å². The minimum absolute atomic E-state index is 0.250. The summed E-state index contributed by atoms with van der Waals surface area (Å²) in [6.07, 6.45) is 2.55. The highest BCUT2D eigenvalue weighted by Gasteiger charge is 2.17. The Hall–Kier alpha value is -2.51. The van der Waals surface area contributed by atoms with Gasteiger partial charge in [-0.2, -0.15) is 0 Å². The molecule has 1 aromatic carbocycles. The Morgan fingerprint density at radius 3 is 2.92 bits per heavy atom. The number of carbonyl (C=O) groups excluding carboxylic acids is 1. The van der Waals surface area contributed by atoms with Crippen LogP contribution in [0.4, 0.5) is 5.69 Å². The van der Waals surface area contributed by atoms with Crippen molar-refractivity contribution in [3.63, 3.8) is 0 Å². The molecular weight excluding hydrogens is 336 g/mol. The van der Waals surface area contributed by atoms with Gasteiger partial charge in [-0.25, -0.2) is 9.97 Å². The molecule has 3 rings (SSSR count). The number of nitrogens with zero attached hydrogens (tertiary/aromatic N) is 2. The van der Waals surface area contributed by atoms with Crippen molar-refractivity contribution in [2.24, 2.45) is 0 Å². The molecule has 25 heavy (non-hydrogen) atoms. The van der Waals surface area contributed by atoms with E-state index in [1.165, 1.54) is 0 Å². The van der Waals surface area contributed by atoms with Crippen LogP contribution in [0.15, 0.2) is 29.9 Å². The lowest BCUT2D eigenvalue weighted by Crippen LogP contribution is -2.26. The summed E-state index contributed by atoms with van der Waals surface area (Å²) in [6.45, 7) is 3.09. The van der Waals surface area contributed by atoms with Crippen molar-refractivity contribution < 1.29 is 9.53 Å². The number of thiazole rings is 1. The highest BCUT2D eigenvalue weighted by Crippen LogP contribution is 2.34. The predicted molar refractivity (Wildman–Crippen MR) is 101 cm³/mol. The molecule has 0 saturated carbocycles. The fraction of sp³-hybridized carbons (Fsp3) is 0.278. The third-order valence-electron chi connectivity index (χ3n) is 3.90. The lowest BCUT2D eigenvalue weighted by molar-refractivity contribution is 0.0950. The minimum atomic E-state index is -0.250. The van der Waals surface area contributed by atoms with Gasteiger partial charge in [0.1, 0.15) is 0 Å². The molecule has 0 aliphatic rings. The number of nitrogen functional groups attached to an aromatic ring is 1. The summed E-state index contributed by atoms with van der Waals surface area (Å²) in [4.78, 5) is 22.1. The summed E-state index contributed by atoms with van der Waals surface area (Å²) in [5.41, 5.74) is 10.5. The number of amides is 1. The van der Waals surface area contributed by atoms with E-state index < -0.39 is 0 Å². The van der Waals surface area contributed by atoms with E-state index >= 15 is 0 Å². The highest BCUT2D eigenvalue weighted by atomic mass is 32.1. The van der Waals surface area contributed by atoms with E-state index in [1.807, 2.05) is 25.1 Å². The zero-order valence-electron chi connectivity index (χ0n) is 14.2. The maximum atomic E-state index is 12.2. The van der Waals surface area contributed by atoms with Gasteiger partial charge in [0.05, 0.1) is 28.4 Å². The third-order valence-corrected chi connectivity index (χ3v) is 4.70. The summed E-state index contributed by atoms with van der Waals surface area (Å²) >= 11 is 1.55. The zero-order valence-corrected chi connectivity index (χ0v) is 15.0. The average Bonchev–Trinajstić information content (AvgIpc) is 3.08. The summed E-state index contributed by atoms with van der Waals surface area (Å²) in [5.74, 6) is -0.250. The lowest BCUT2D eigenvalue weighted by atomic mass is 10.0. The first-order chi connectivity index (χ1) is 12.2. The Morgan fingerprint density at radius 2 is 2.16 bits per heavy atom. The normalized spacial score (nSPS) is 11.0. The van der Waals surface area contributed by atoms with Crippen LogP contribution >= 0.6 is 11.3 Å². The average molecular weight is 356 g/mol. The number of benzene rings is 1. The smallest absolute Gasteiger partial charge is 0.272 e. The Morgan fingerprint density at radius 1 is 1.32 bits per heavy atom. The minimum Gasteiger partial charge on any atom is -0.396 e. The number of ether oxygens (including phenoxy) is 1. The van der Waals surface area contributed by atoms with Crippen molar-refractivity contribution in [2.75, 3.05) is 19.4 Å². The summed E-state index contributed by atoms with van der Waals surface area (Å²) in [7, 11) is 1.66. The Kier molecular flexibility index (Phi) is 5.25. The van der Waals surface area contributed by atoms with Crippen LogP contribution in [0, 0.1) is 0 Å². The van der Waals surface area contributed by atoms with Crippen LogP contribution in [0.3, 0.4) is 0 Å². The van der Waals surface area contributed by atoms with Crippen molar-refractivity contribution in [3.8, 4) is 11.3 Å². The highest BCUT2D eigenvalue weighted by molar-refractivity contribution is 7.10. The van der Waals surface area contributed by atoms with Gasteiger partial charge in [0, 0.05) is 36.2 Å². The molecule has 0 bridgehead atoms. The number of hydrogen-bond donors (Lipinski definition) is 2. The number of hydrogen-bond acceptors (Lipinski definition) is 6. The van der Waals surface area contributed by atoms with Crippen molar-refractivity contribution in [1.82, 2.24) is 15.3 Å². The number of pyridine rings is 1. The Balaban J connectivity index is 2.10. The van der Waals surface area contributed by atoms with E-state index in [2.05, 4.69) is 15.3 Å². The number of nitrogens with two attached hydrogens (primary N) is 1. The van der Waals surface area contributed by atoms with Crippen LogP contribution in [0.2, 0.25) is 0 Å². The van der Waals surface area contributed by atoms with Crippen LogP contribution in [0.1, 0.15) is 28.7 Å². The Bertz CT molecular complexity index is 907. The number of fused-ring (bicyclic) bond motifs is 1. The summed E-state index contributed by atoms with van der Waals surface area (Å²) in [6, 6.07) is 5.79. The predicted octanol–water partition coefficient (Wildman–Crippen LogP) is 3.23. The van der Waals surface area contributed by atoms with Crippen molar-refractivity contribution in [3.05, 3.63) is 40.5 Å². The lowest BCUT2D eigenvalue weighted by Gasteiger charge is -2.11. The molecule has 0 atom stereocenters. The van der Waals surface area contributed by atoms with Gasteiger partial charge in [0.15, 0.2) is 5.69 Å². The van der Waals surface area contributed by atoms with Crippen molar-refractivity contribution in [2.45, 2.75) is 20.0 Å². The molecule has 0 fully saturated rings. The number of anilines is 1. The van der Waals surface area contributed by atoms with E-state index in [9.17, 15) is 4.79 Å². The first kappa shape index (κ1) is 17.3. The number of methoxy groups -OCH3 is 1. The Labute approximate surface area is 150 Å². The molecular formula is C18H20N4O2S. The molecule has 1 amide bonds. The van der Waals surface area contributed by atoms with Gasteiger partial charge in [0.2, 0.25) is 0 Å². The van der Waals surface area contributed by atoms with Crippen LogP contribution in [0.5, 0.6) is 0 Å². The molecule has 6 nitrogen and oxygen atoms in total. The molecule has 130 valence electrons. The molecule has 7 heteroatoms. The molecule has 2 heterocycles. The van der Waals surface area contributed by atoms with Gasteiger partial charge in [-0.05, 0) is 6.42 Å². The second-order valence-electron chi connectivity index (χ2n) is 5.60. The molecule has 0 aliphatic carbocycles. The van der Waals surface area contributed by atoms with Crippen LogP contribution < -0.4 is 11.1 Å². The SMILES string of the molecule is CCCNC(=O)c1ncc2c(-c3ncsc3COC)cccc2c1N. The molecule has 0 aliphatic heterocycles. The van der Waals surface area contributed by atoms with Gasteiger partial charge < -0.3 is 15.8 Å². The second-order valence-corrected chi connectivity index (χ2v) is 6.54. The number of nitrogens with one attached hydrogen (secondary N) is 1. The quantitative estimate of drug-likeness (QED) is 0.708. The molecule has 2 aromatic heterocycles. The third kappa shape index (κ3) is 3.33. The van der Waals surface area contributed by atoms with Gasteiger partial charge >= 0.3 is 0 Å². The first-order valence-electron chi connectivity index (χ1n) is 8.04. The van der Waals surface area contributed by atoms with Crippen LogP contribution in [-0.4, -0.2) is 29.5 Å². The maximum Gasteiger partial charge on any atom is 0.272 e. The molecule has 3 N–H and O–H groups in total. The number of carbonyl (C=O) groups is 1. The van der Waals surface area contributed by atoms with Gasteiger partial charge in [-0.1, -0.05) is 25.1 Å². The zero-order chi connectivity index (χ0) is 17.8. The van der Waals surface area contributed by atoms with E-state index in [0.29, 0.717) is 18.8 Å². The largest absolute Gasteiger partial charge is 0.396 e. The molecule has 0 unspecified atom stereocenters. The number of rotatable bonds is 6. The first-order valence-corrected chi connectivity index (χ1v) is 8.92. The van der Waals surface area contributed by atoms with Crippen LogP contribution in [-0.2, 0) is 11.3 Å². The fourth-order valence-electron chi connectivity index (χ4n) is 2.70. The van der Waals surface area contributed by atoms with Gasteiger partial charge in [0.25, 0.3) is 5.91 Å². The maximum absolute atomic E-state index is 12.2. The monoisotopic (exact) mass is 356 g/mol. The fourth-order valence-corrected chi connectivity index (χ4v) is 3.44. The van der Waals surface area contributed by atoms with Crippen LogP contribution in [0.25, 0.3) is 22.0 Å². The molecule has 0 radical (unpaired) electrons. The van der Waals surface area contributed by atoms with E-state index in [4.69, 9.17) is 10.5 Å². The summed E-state index contributed by atoms with van der Waals surface area (Å²) < 4.78 is 5.25. The van der Waals surface area contributed by atoms with Crippen molar-refractivity contribution >= 4 is 33.7 Å². The standard InChI is InChI=1S/C18H20N4O2S/c1-3-7-20-18(23)17-15(19)11-5-4-6-12(13(11)8-21-17)16-14(9-24-2)25-10-22-16/h4-6,8,10H,3,7,9,19H2,1-2H3,(H,20,23). The topological polar surface area (TPSA) is 90.1 Å². The van der Waals surface area contributed by atoms with E-state index in [0.717, 1.165) is 33.3 Å².